The third-order valence-electron chi connectivity index (χ3n) is 7.09. The van der Waals surface area contributed by atoms with Gasteiger partial charge >= 0.3 is 6.09 Å². The number of amides is 2. The Labute approximate surface area is 246 Å². The van der Waals surface area contributed by atoms with Gasteiger partial charge in [-0.25, -0.2) is 4.79 Å². The number of carbonyl (C=O) groups is 2. The Morgan fingerprint density at radius 1 is 0.769 bits per heavy atom. The smallest absolute Gasteiger partial charge is 0.407 e. The lowest BCUT2D eigenvalue weighted by Crippen LogP contribution is -2.28. The summed E-state index contributed by atoms with van der Waals surface area (Å²) in [5.41, 5.74) is 1.67. The summed E-state index contributed by atoms with van der Waals surface area (Å²) in [7, 11) is 4.02. The normalized spacial score (nSPS) is 10.8. The van der Waals surface area contributed by atoms with Crippen LogP contribution in [0.1, 0.15) is 122 Å². The van der Waals surface area contributed by atoms with Gasteiger partial charge in [0.1, 0.15) is 6.61 Å². The van der Waals surface area contributed by atoms with Crippen molar-refractivity contribution in [3.8, 4) is 0 Å². The summed E-state index contributed by atoms with van der Waals surface area (Å²) in [6.07, 6.45) is 22.7. The van der Waals surface area contributed by atoms with Crippen molar-refractivity contribution in [1.82, 2.24) is 10.2 Å². The molecule has 0 aliphatic rings. The van der Waals surface area contributed by atoms with Crippen molar-refractivity contribution in [2.45, 2.75) is 123 Å². The molecule has 226 valence electrons. The van der Waals surface area contributed by atoms with Gasteiger partial charge in [-0.15, -0.1) is 12.4 Å². The SMILES string of the molecule is CCCCCCCCCCCCCCCCCCN(C=O)c1ccccc1COC(=O)NCCCN(C)C.Cl. The molecule has 0 aliphatic heterocycles. The van der Waals surface area contributed by atoms with Gasteiger partial charge in [-0.2, -0.15) is 0 Å². The molecule has 1 rings (SSSR count). The molecule has 0 saturated carbocycles. The van der Waals surface area contributed by atoms with Gasteiger partial charge in [-0.3, -0.25) is 4.79 Å². The molecule has 7 heteroatoms. The highest BCUT2D eigenvalue weighted by molar-refractivity contribution is 5.85. The first-order chi connectivity index (χ1) is 18.6. The third-order valence-corrected chi connectivity index (χ3v) is 7.09. The standard InChI is InChI=1S/C32H57N3O3.ClH/c1-4-5-6-7-8-9-10-11-12-13-14-15-16-17-18-21-27-35(29-36)31-24-20-19-23-30(31)28-38-32(37)33-25-22-26-34(2)3;/h19-20,23-24,29H,4-18,21-22,25-28H2,1-3H3,(H,33,37);1H. The number of hydrogen-bond donors (Lipinski definition) is 1. The molecule has 1 aromatic carbocycles. The summed E-state index contributed by atoms with van der Waals surface area (Å²) in [6.45, 7) is 4.61. The molecule has 0 heterocycles. The molecule has 0 bridgehead atoms. The topological polar surface area (TPSA) is 61.9 Å². The van der Waals surface area contributed by atoms with E-state index in [1.165, 1.54) is 89.9 Å². The highest BCUT2D eigenvalue weighted by Gasteiger charge is 2.12. The second kappa shape index (κ2) is 26.4. The molecular weight excluding hydrogens is 510 g/mol. The molecule has 0 unspecified atom stereocenters. The average Bonchev–Trinajstić information content (AvgIpc) is 2.92. The molecular formula is C32H58ClN3O3. The van der Waals surface area contributed by atoms with Crippen LogP contribution in [-0.4, -0.2) is 51.1 Å². The summed E-state index contributed by atoms with van der Waals surface area (Å²) in [5, 5.41) is 2.79. The molecule has 1 N–H and O–H groups in total. The number of nitrogens with one attached hydrogen (secondary N) is 1. The van der Waals surface area contributed by atoms with Gasteiger partial charge in [0.15, 0.2) is 0 Å². The van der Waals surface area contributed by atoms with Gasteiger partial charge in [0.2, 0.25) is 6.41 Å². The Morgan fingerprint density at radius 2 is 1.28 bits per heavy atom. The van der Waals surface area contributed by atoms with Crippen LogP contribution in [-0.2, 0) is 16.1 Å². The van der Waals surface area contributed by atoms with Crippen LogP contribution in [0, 0.1) is 0 Å². The van der Waals surface area contributed by atoms with Crippen LogP contribution in [0.4, 0.5) is 10.5 Å². The van der Waals surface area contributed by atoms with Gasteiger partial charge in [0.05, 0.1) is 0 Å². The van der Waals surface area contributed by atoms with E-state index in [9.17, 15) is 9.59 Å². The average molecular weight is 568 g/mol. The molecule has 0 atom stereocenters. The molecule has 0 radical (unpaired) electrons. The Kier molecular flexibility index (Phi) is 25.2. The van der Waals surface area contributed by atoms with E-state index in [2.05, 4.69) is 17.1 Å². The zero-order chi connectivity index (χ0) is 27.7. The summed E-state index contributed by atoms with van der Waals surface area (Å²) >= 11 is 0. The van der Waals surface area contributed by atoms with Crippen LogP contribution >= 0.6 is 12.4 Å². The van der Waals surface area contributed by atoms with Crippen LogP contribution in [0.2, 0.25) is 0 Å². The van der Waals surface area contributed by atoms with Gasteiger partial charge in [-0.1, -0.05) is 121 Å². The van der Waals surface area contributed by atoms with Crippen LogP contribution in [0.15, 0.2) is 24.3 Å². The zero-order valence-electron chi connectivity index (χ0n) is 25.3. The van der Waals surface area contributed by atoms with E-state index in [0.29, 0.717) is 13.1 Å². The maximum atomic E-state index is 12.0. The maximum Gasteiger partial charge on any atom is 0.407 e. The van der Waals surface area contributed by atoms with Crippen molar-refractivity contribution in [2.24, 2.45) is 0 Å². The molecule has 1 aromatic rings. The molecule has 0 aromatic heterocycles. The van der Waals surface area contributed by atoms with E-state index in [1.54, 1.807) is 4.90 Å². The molecule has 0 saturated heterocycles. The number of alkyl carbamates (subject to hydrolysis) is 1. The third kappa shape index (κ3) is 20.7. The molecule has 6 nitrogen and oxygen atoms in total. The summed E-state index contributed by atoms with van der Waals surface area (Å²) in [4.78, 5) is 27.7. The monoisotopic (exact) mass is 567 g/mol. The first kappa shape index (κ1) is 37.2. The van der Waals surface area contributed by atoms with Gasteiger partial charge in [-0.05, 0) is 39.5 Å². The lowest BCUT2D eigenvalue weighted by Gasteiger charge is -2.21. The largest absolute Gasteiger partial charge is 0.445 e. The van der Waals surface area contributed by atoms with Crippen LogP contribution in [0.5, 0.6) is 0 Å². The number of ether oxygens (including phenoxy) is 1. The minimum atomic E-state index is -0.422. The predicted molar refractivity (Wildman–Crippen MR) is 168 cm³/mol. The van der Waals surface area contributed by atoms with Gasteiger partial charge in [0, 0.05) is 24.3 Å². The Morgan fingerprint density at radius 3 is 1.79 bits per heavy atom. The van der Waals surface area contributed by atoms with E-state index in [4.69, 9.17) is 4.74 Å². The highest BCUT2D eigenvalue weighted by Crippen LogP contribution is 2.21. The van der Waals surface area contributed by atoms with Crippen LogP contribution < -0.4 is 10.2 Å². The van der Waals surface area contributed by atoms with E-state index in [0.717, 1.165) is 43.5 Å². The molecule has 2 amide bonds. The number of rotatable bonds is 25. The number of anilines is 1. The second-order valence-corrected chi connectivity index (χ2v) is 10.9. The Hall–Kier alpha value is -1.79. The molecule has 39 heavy (non-hydrogen) atoms. The van der Waals surface area contributed by atoms with Crippen molar-refractivity contribution >= 4 is 30.6 Å². The summed E-state index contributed by atoms with van der Waals surface area (Å²) in [5.74, 6) is 0. The van der Waals surface area contributed by atoms with Crippen LogP contribution in [0.3, 0.4) is 0 Å². The quantitative estimate of drug-likeness (QED) is 0.0949. The minimum absolute atomic E-state index is 0. The Balaban J connectivity index is 0.0000144. The number of hydrogen-bond acceptors (Lipinski definition) is 4. The molecule has 0 aliphatic carbocycles. The van der Waals surface area contributed by atoms with Crippen molar-refractivity contribution in [2.75, 3.05) is 38.6 Å². The lowest BCUT2D eigenvalue weighted by atomic mass is 10.0. The van der Waals surface area contributed by atoms with Crippen molar-refractivity contribution in [3.05, 3.63) is 29.8 Å². The van der Waals surface area contributed by atoms with Crippen molar-refractivity contribution in [3.63, 3.8) is 0 Å². The first-order valence-electron chi connectivity index (χ1n) is 15.4. The number of benzene rings is 1. The summed E-state index contributed by atoms with van der Waals surface area (Å²) < 4.78 is 5.40. The van der Waals surface area contributed by atoms with Gasteiger partial charge < -0.3 is 19.9 Å². The lowest BCUT2D eigenvalue weighted by molar-refractivity contribution is -0.107. The second-order valence-electron chi connectivity index (χ2n) is 10.9. The molecule has 0 fully saturated rings. The number of halogens is 1. The first-order valence-corrected chi connectivity index (χ1v) is 15.4. The van der Waals surface area contributed by atoms with Gasteiger partial charge in [0.25, 0.3) is 0 Å². The fourth-order valence-corrected chi connectivity index (χ4v) is 4.75. The minimum Gasteiger partial charge on any atom is -0.445 e. The zero-order valence-corrected chi connectivity index (χ0v) is 26.1. The number of unbranched alkanes of at least 4 members (excludes halogenated alkanes) is 15. The fraction of sp³-hybridized carbons (Fsp3) is 0.750. The number of carbonyl (C=O) groups excluding carboxylic acids is 2. The predicted octanol–water partition coefficient (Wildman–Crippen LogP) is 8.51. The van der Waals surface area contributed by atoms with Crippen molar-refractivity contribution in [1.29, 1.82) is 0 Å². The fourth-order valence-electron chi connectivity index (χ4n) is 4.75. The van der Waals surface area contributed by atoms with Crippen LogP contribution in [0.25, 0.3) is 0 Å². The Bertz CT molecular complexity index is 718. The van der Waals surface area contributed by atoms with E-state index >= 15 is 0 Å². The highest BCUT2D eigenvalue weighted by atomic mass is 35.5. The van der Waals surface area contributed by atoms with Crippen molar-refractivity contribution < 1.29 is 14.3 Å². The van der Waals surface area contributed by atoms with E-state index < -0.39 is 6.09 Å². The van der Waals surface area contributed by atoms with E-state index in [1.807, 2.05) is 38.4 Å². The number of nitrogens with zero attached hydrogens (tertiary/aromatic N) is 2. The molecule has 0 spiro atoms. The summed E-state index contributed by atoms with van der Waals surface area (Å²) in [6, 6.07) is 7.67. The van der Waals surface area contributed by atoms with E-state index in [-0.39, 0.29) is 19.0 Å². The maximum absolute atomic E-state index is 12.0. The number of para-hydroxylation sites is 1.